The molecule has 0 bridgehead atoms. The molecule has 4 rings (SSSR count). The Hall–Kier alpha value is -2.97. The molecule has 0 spiro atoms. The van der Waals surface area contributed by atoms with Gasteiger partial charge in [-0.1, -0.05) is 17.7 Å². The fraction of sp³-hybridized carbons (Fsp3) is 0.200. The summed E-state index contributed by atoms with van der Waals surface area (Å²) in [6, 6.07) is 10.9. The molecule has 29 heavy (non-hydrogen) atoms. The summed E-state index contributed by atoms with van der Waals surface area (Å²) in [5.41, 5.74) is 0.690. The topological polar surface area (TPSA) is 81.3 Å². The standard InChI is InChI=1S/C20H18ClN5O2S/c21-14-6-8-15(9-7-14)25-10-11-26-17(23-24-19(26)20(25)28)4-1-5-18(27)22-13-16-3-2-12-29-16/h2-3,6-12H,1,4-5,13H2,(H,22,27). The maximum Gasteiger partial charge on any atom is 0.300 e. The molecule has 0 aliphatic carbocycles. The summed E-state index contributed by atoms with van der Waals surface area (Å²) in [4.78, 5) is 25.9. The van der Waals surface area contributed by atoms with Crippen molar-refractivity contribution in [1.82, 2.24) is 24.5 Å². The smallest absolute Gasteiger partial charge is 0.300 e. The average molecular weight is 428 g/mol. The Morgan fingerprint density at radius 3 is 2.72 bits per heavy atom. The van der Waals surface area contributed by atoms with Crippen LogP contribution in [0.15, 0.2) is 59.0 Å². The number of rotatable bonds is 7. The molecule has 9 heteroatoms. The summed E-state index contributed by atoms with van der Waals surface area (Å²) in [6.07, 6.45) is 5.01. The molecule has 0 unspecified atom stereocenters. The minimum Gasteiger partial charge on any atom is -0.351 e. The van der Waals surface area contributed by atoms with Crippen LogP contribution in [-0.2, 0) is 17.8 Å². The van der Waals surface area contributed by atoms with E-state index in [1.807, 2.05) is 17.5 Å². The van der Waals surface area contributed by atoms with E-state index in [9.17, 15) is 9.59 Å². The van der Waals surface area contributed by atoms with E-state index >= 15 is 0 Å². The molecular formula is C20H18ClN5O2S. The van der Waals surface area contributed by atoms with Crippen LogP contribution in [0.3, 0.4) is 0 Å². The van der Waals surface area contributed by atoms with Gasteiger partial charge in [0.25, 0.3) is 0 Å². The highest BCUT2D eigenvalue weighted by Gasteiger charge is 2.12. The number of benzene rings is 1. The van der Waals surface area contributed by atoms with Gasteiger partial charge < -0.3 is 5.32 Å². The quantitative estimate of drug-likeness (QED) is 0.491. The van der Waals surface area contributed by atoms with Gasteiger partial charge in [-0.3, -0.25) is 18.6 Å². The zero-order chi connectivity index (χ0) is 20.2. The lowest BCUT2D eigenvalue weighted by Crippen LogP contribution is -2.22. The number of amides is 1. The Bertz CT molecular complexity index is 1180. The minimum atomic E-state index is -0.262. The van der Waals surface area contributed by atoms with Gasteiger partial charge in [0.1, 0.15) is 5.82 Å². The predicted molar refractivity (Wildman–Crippen MR) is 113 cm³/mol. The minimum absolute atomic E-state index is 0.00249. The fourth-order valence-electron chi connectivity index (χ4n) is 3.00. The number of aromatic nitrogens is 4. The van der Waals surface area contributed by atoms with Gasteiger partial charge in [0.2, 0.25) is 11.6 Å². The highest BCUT2D eigenvalue weighted by molar-refractivity contribution is 7.09. The van der Waals surface area contributed by atoms with Crippen molar-refractivity contribution in [1.29, 1.82) is 0 Å². The van der Waals surface area contributed by atoms with Gasteiger partial charge in [-0.15, -0.1) is 21.5 Å². The molecule has 0 saturated carbocycles. The molecule has 4 aromatic rings. The van der Waals surface area contributed by atoms with Crippen LogP contribution in [0.4, 0.5) is 0 Å². The molecule has 0 aliphatic rings. The maximum atomic E-state index is 12.8. The van der Waals surface area contributed by atoms with Gasteiger partial charge in [-0.25, -0.2) is 0 Å². The van der Waals surface area contributed by atoms with Crippen LogP contribution in [0.25, 0.3) is 11.3 Å². The lowest BCUT2D eigenvalue weighted by atomic mass is 10.2. The van der Waals surface area contributed by atoms with Gasteiger partial charge in [0, 0.05) is 40.8 Å². The Balaban J connectivity index is 1.41. The molecule has 3 heterocycles. The zero-order valence-electron chi connectivity index (χ0n) is 15.4. The Labute approximate surface area is 175 Å². The molecule has 0 fully saturated rings. The molecule has 1 amide bonds. The maximum absolute atomic E-state index is 12.8. The summed E-state index contributed by atoms with van der Waals surface area (Å²) in [7, 11) is 0. The van der Waals surface area contributed by atoms with Gasteiger partial charge in [0.15, 0.2) is 0 Å². The number of fused-ring (bicyclic) bond motifs is 1. The first-order valence-electron chi connectivity index (χ1n) is 9.12. The Morgan fingerprint density at radius 1 is 1.14 bits per heavy atom. The van der Waals surface area contributed by atoms with Crippen LogP contribution in [0.2, 0.25) is 5.02 Å². The van der Waals surface area contributed by atoms with Crippen molar-refractivity contribution >= 4 is 34.5 Å². The number of hydrogen-bond donors (Lipinski definition) is 1. The van der Waals surface area contributed by atoms with Crippen LogP contribution in [-0.4, -0.2) is 25.1 Å². The monoisotopic (exact) mass is 427 g/mol. The molecule has 0 aliphatic heterocycles. The SMILES string of the molecule is O=C(CCCc1nnc2c(=O)n(-c3ccc(Cl)cc3)ccn12)NCc1cccs1. The van der Waals surface area contributed by atoms with E-state index in [-0.39, 0.29) is 17.1 Å². The molecule has 1 aromatic carbocycles. The van der Waals surface area contributed by atoms with E-state index in [1.165, 1.54) is 4.57 Å². The first-order chi connectivity index (χ1) is 14.1. The molecule has 1 N–H and O–H groups in total. The molecular weight excluding hydrogens is 410 g/mol. The number of nitrogens with one attached hydrogen (secondary N) is 1. The van der Waals surface area contributed by atoms with E-state index in [4.69, 9.17) is 11.6 Å². The highest BCUT2D eigenvalue weighted by Crippen LogP contribution is 2.13. The summed E-state index contributed by atoms with van der Waals surface area (Å²) in [5, 5.41) is 13.7. The van der Waals surface area contributed by atoms with Gasteiger partial charge in [-0.05, 0) is 42.1 Å². The van der Waals surface area contributed by atoms with E-state index in [1.54, 1.807) is 52.4 Å². The largest absolute Gasteiger partial charge is 0.351 e. The zero-order valence-corrected chi connectivity index (χ0v) is 17.0. The summed E-state index contributed by atoms with van der Waals surface area (Å²) in [5.74, 6) is 0.656. The number of nitrogens with zero attached hydrogens (tertiary/aromatic N) is 4. The van der Waals surface area contributed by atoms with Crippen molar-refractivity contribution in [2.45, 2.75) is 25.8 Å². The number of hydrogen-bond acceptors (Lipinski definition) is 5. The van der Waals surface area contributed by atoms with E-state index in [0.717, 1.165) is 4.88 Å². The van der Waals surface area contributed by atoms with Gasteiger partial charge in [0.05, 0.1) is 6.54 Å². The molecule has 148 valence electrons. The Morgan fingerprint density at radius 2 is 1.97 bits per heavy atom. The van der Waals surface area contributed by atoms with Crippen LogP contribution in [0.5, 0.6) is 0 Å². The second-order valence-corrected chi connectivity index (χ2v) is 7.94. The highest BCUT2D eigenvalue weighted by atomic mass is 35.5. The molecule has 0 saturated heterocycles. The van der Waals surface area contributed by atoms with Crippen molar-refractivity contribution in [3.8, 4) is 5.69 Å². The van der Waals surface area contributed by atoms with Crippen molar-refractivity contribution in [3.63, 3.8) is 0 Å². The van der Waals surface area contributed by atoms with E-state index in [0.29, 0.717) is 42.3 Å². The third-order valence-electron chi connectivity index (χ3n) is 4.49. The normalized spacial score (nSPS) is 11.1. The van der Waals surface area contributed by atoms with E-state index in [2.05, 4.69) is 15.5 Å². The molecule has 0 atom stereocenters. The van der Waals surface area contributed by atoms with Crippen molar-refractivity contribution in [2.75, 3.05) is 0 Å². The van der Waals surface area contributed by atoms with E-state index < -0.39 is 0 Å². The average Bonchev–Trinajstić information content (AvgIpc) is 3.38. The Kier molecular flexibility index (Phi) is 5.73. The molecule has 3 aromatic heterocycles. The van der Waals surface area contributed by atoms with Crippen molar-refractivity contribution in [3.05, 3.63) is 80.2 Å². The second-order valence-electron chi connectivity index (χ2n) is 6.47. The van der Waals surface area contributed by atoms with Crippen molar-refractivity contribution < 1.29 is 4.79 Å². The van der Waals surface area contributed by atoms with Crippen LogP contribution < -0.4 is 10.9 Å². The van der Waals surface area contributed by atoms with Gasteiger partial charge >= 0.3 is 5.56 Å². The van der Waals surface area contributed by atoms with Crippen LogP contribution in [0, 0.1) is 0 Å². The lowest BCUT2D eigenvalue weighted by Gasteiger charge is -2.07. The molecule has 7 nitrogen and oxygen atoms in total. The third kappa shape index (κ3) is 4.38. The summed E-state index contributed by atoms with van der Waals surface area (Å²) in [6.45, 7) is 0.550. The first kappa shape index (κ1) is 19.4. The number of thiophene rings is 1. The third-order valence-corrected chi connectivity index (χ3v) is 5.62. The predicted octanol–water partition coefficient (Wildman–Crippen LogP) is 3.23. The summed E-state index contributed by atoms with van der Waals surface area (Å²) >= 11 is 7.53. The van der Waals surface area contributed by atoms with Crippen LogP contribution >= 0.6 is 22.9 Å². The van der Waals surface area contributed by atoms with Crippen molar-refractivity contribution in [2.24, 2.45) is 0 Å². The number of carbonyl (C=O) groups is 1. The van der Waals surface area contributed by atoms with Crippen LogP contribution in [0.1, 0.15) is 23.5 Å². The second kappa shape index (κ2) is 8.59. The fourth-order valence-corrected chi connectivity index (χ4v) is 3.78. The van der Waals surface area contributed by atoms with Gasteiger partial charge in [-0.2, -0.15) is 0 Å². The lowest BCUT2D eigenvalue weighted by molar-refractivity contribution is -0.121. The molecule has 0 radical (unpaired) electrons. The number of halogens is 1. The summed E-state index contributed by atoms with van der Waals surface area (Å²) < 4.78 is 3.18. The first-order valence-corrected chi connectivity index (χ1v) is 10.4. The number of carbonyl (C=O) groups excluding carboxylic acids is 1. The number of aryl methyl sites for hydroxylation is 1.